The zero-order valence-corrected chi connectivity index (χ0v) is 23.0. The summed E-state index contributed by atoms with van der Waals surface area (Å²) >= 11 is 0. The topological polar surface area (TPSA) is 101 Å². The van der Waals surface area contributed by atoms with Gasteiger partial charge < -0.3 is 16.0 Å². The van der Waals surface area contributed by atoms with Gasteiger partial charge in [0.15, 0.2) is 5.82 Å². The Hall–Kier alpha value is -3.58. The van der Waals surface area contributed by atoms with Crippen molar-refractivity contribution in [2.75, 3.05) is 11.9 Å². The molecule has 5 rings (SSSR count). The van der Waals surface area contributed by atoms with E-state index in [1.54, 1.807) is 0 Å². The molecule has 0 radical (unpaired) electrons. The summed E-state index contributed by atoms with van der Waals surface area (Å²) in [5, 5.41) is 11.9. The van der Waals surface area contributed by atoms with E-state index < -0.39 is 5.54 Å². The number of carbonyl (C=O) groups excluding carboxylic acids is 2. The van der Waals surface area contributed by atoms with Crippen LogP contribution in [-0.4, -0.2) is 39.5 Å². The van der Waals surface area contributed by atoms with Gasteiger partial charge in [-0.2, -0.15) is 0 Å². The highest BCUT2D eigenvalue weighted by molar-refractivity contribution is 5.91. The molecule has 7 heteroatoms. The van der Waals surface area contributed by atoms with Crippen molar-refractivity contribution in [3.8, 4) is 22.4 Å². The van der Waals surface area contributed by atoms with E-state index in [1.165, 1.54) is 0 Å². The van der Waals surface area contributed by atoms with Gasteiger partial charge in [-0.3, -0.25) is 9.59 Å². The second-order valence-electron chi connectivity index (χ2n) is 11.6. The second kappa shape index (κ2) is 11.7. The van der Waals surface area contributed by atoms with Crippen LogP contribution in [0, 0.1) is 5.92 Å². The van der Waals surface area contributed by atoms with Crippen molar-refractivity contribution >= 4 is 17.6 Å². The lowest BCUT2D eigenvalue weighted by molar-refractivity contribution is -0.136. The van der Waals surface area contributed by atoms with Crippen LogP contribution < -0.4 is 11.1 Å². The minimum Gasteiger partial charge on any atom is -0.340 e. The maximum absolute atomic E-state index is 13.0. The number of carbonyl (C=O) groups is 2. The molecule has 1 aliphatic heterocycles. The van der Waals surface area contributed by atoms with E-state index in [0.717, 1.165) is 73.0 Å². The van der Waals surface area contributed by atoms with Crippen LogP contribution in [0.1, 0.15) is 70.8 Å². The van der Waals surface area contributed by atoms with Crippen LogP contribution >= 0.6 is 0 Å². The molecule has 1 saturated carbocycles. The number of anilines is 1. The van der Waals surface area contributed by atoms with Crippen molar-refractivity contribution in [1.29, 1.82) is 0 Å². The first-order chi connectivity index (χ1) is 18.8. The standard InChI is InChI=1S/C32H39N5O2/c1-32(2,33)25-15-13-24(14-16-25)31-27(23-8-4-3-5-9-23)21-28(35-36-31)34-29(38)20-22-11-17-26(18-12-22)37-19-7-6-10-30(37)39/h3-5,8-9,13-16,21-22,26H,6-7,10-12,17-20,33H2,1-2H3,(H,34,35,38)/t22-,26-. The van der Waals surface area contributed by atoms with Crippen molar-refractivity contribution in [2.45, 2.75) is 76.8 Å². The van der Waals surface area contributed by atoms with Gasteiger partial charge in [0, 0.05) is 42.1 Å². The van der Waals surface area contributed by atoms with Crippen LogP contribution in [0.3, 0.4) is 0 Å². The Morgan fingerprint density at radius 2 is 1.69 bits per heavy atom. The second-order valence-corrected chi connectivity index (χ2v) is 11.6. The SMILES string of the molecule is CC(C)(N)c1ccc(-c2nnc(NC(=O)C[C@H]3CC[C@H](N4CCCCC4=O)CC3)cc2-c2ccccc2)cc1. The Kier molecular flexibility index (Phi) is 8.07. The lowest BCUT2D eigenvalue weighted by atomic mass is 9.82. The van der Waals surface area contributed by atoms with Gasteiger partial charge in [0.25, 0.3) is 0 Å². The summed E-state index contributed by atoms with van der Waals surface area (Å²) in [6, 6.07) is 20.4. The molecule has 0 bridgehead atoms. The minimum absolute atomic E-state index is 0.0388. The molecule has 39 heavy (non-hydrogen) atoms. The molecule has 2 aliphatic rings. The Bertz CT molecular complexity index is 1290. The number of nitrogens with zero attached hydrogens (tertiary/aromatic N) is 3. The molecular formula is C32H39N5O2. The van der Waals surface area contributed by atoms with Gasteiger partial charge in [-0.15, -0.1) is 10.2 Å². The van der Waals surface area contributed by atoms with E-state index in [2.05, 4.69) is 20.4 Å². The number of hydrogen-bond donors (Lipinski definition) is 2. The van der Waals surface area contributed by atoms with E-state index in [9.17, 15) is 9.59 Å². The molecule has 0 atom stereocenters. The summed E-state index contributed by atoms with van der Waals surface area (Å²) in [4.78, 5) is 27.4. The number of hydrogen-bond acceptors (Lipinski definition) is 5. The van der Waals surface area contributed by atoms with Gasteiger partial charge in [0.2, 0.25) is 11.8 Å². The van der Waals surface area contributed by atoms with Gasteiger partial charge in [-0.25, -0.2) is 0 Å². The largest absolute Gasteiger partial charge is 0.340 e. The Morgan fingerprint density at radius 1 is 0.974 bits per heavy atom. The molecule has 3 aromatic rings. The van der Waals surface area contributed by atoms with E-state index in [4.69, 9.17) is 5.73 Å². The Balaban J connectivity index is 1.27. The maximum atomic E-state index is 13.0. The van der Waals surface area contributed by atoms with Crippen LogP contribution in [0.15, 0.2) is 60.7 Å². The number of amides is 2. The molecule has 1 saturated heterocycles. The van der Waals surface area contributed by atoms with E-state index >= 15 is 0 Å². The number of likely N-dealkylation sites (tertiary alicyclic amines) is 1. The molecule has 204 valence electrons. The van der Waals surface area contributed by atoms with E-state index in [-0.39, 0.29) is 5.91 Å². The molecule has 0 spiro atoms. The monoisotopic (exact) mass is 525 g/mol. The quantitative estimate of drug-likeness (QED) is 0.400. The first-order valence-corrected chi connectivity index (χ1v) is 14.2. The summed E-state index contributed by atoms with van der Waals surface area (Å²) in [7, 11) is 0. The highest BCUT2D eigenvalue weighted by atomic mass is 16.2. The molecule has 7 nitrogen and oxygen atoms in total. The molecule has 2 aromatic carbocycles. The highest BCUT2D eigenvalue weighted by Crippen LogP contribution is 2.34. The summed E-state index contributed by atoms with van der Waals surface area (Å²) in [5.41, 5.74) is 10.5. The van der Waals surface area contributed by atoms with Crippen molar-refractivity contribution in [3.05, 3.63) is 66.2 Å². The van der Waals surface area contributed by atoms with Crippen LogP contribution in [0.4, 0.5) is 5.82 Å². The first-order valence-electron chi connectivity index (χ1n) is 14.2. The van der Waals surface area contributed by atoms with E-state index in [0.29, 0.717) is 36.5 Å². The fraction of sp³-hybridized carbons (Fsp3) is 0.438. The average molecular weight is 526 g/mol. The van der Waals surface area contributed by atoms with Gasteiger partial charge in [-0.05, 0) is 75.5 Å². The fourth-order valence-electron chi connectivity index (χ4n) is 5.89. The lowest BCUT2D eigenvalue weighted by Gasteiger charge is -2.38. The normalized spacial score (nSPS) is 20.1. The zero-order valence-electron chi connectivity index (χ0n) is 23.0. The summed E-state index contributed by atoms with van der Waals surface area (Å²) in [5.74, 6) is 1.04. The van der Waals surface area contributed by atoms with Crippen LogP contribution in [-0.2, 0) is 15.1 Å². The molecular weight excluding hydrogens is 486 g/mol. The van der Waals surface area contributed by atoms with Crippen LogP contribution in [0.5, 0.6) is 0 Å². The maximum Gasteiger partial charge on any atom is 0.225 e. The fourth-order valence-corrected chi connectivity index (χ4v) is 5.89. The third-order valence-electron chi connectivity index (χ3n) is 8.14. The van der Waals surface area contributed by atoms with Crippen molar-refractivity contribution in [2.24, 2.45) is 11.7 Å². The predicted octanol–water partition coefficient (Wildman–Crippen LogP) is 5.90. The predicted molar refractivity (Wildman–Crippen MR) is 155 cm³/mol. The average Bonchev–Trinajstić information content (AvgIpc) is 2.94. The smallest absolute Gasteiger partial charge is 0.225 e. The summed E-state index contributed by atoms with van der Waals surface area (Å²) in [6.45, 7) is 4.86. The molecule has 3 N–H and O–H groups in total. The number of nitrogens with one attached hydrogen (secondary N) is 1. The molecule has 2 amide bonds. The molecule has 1 aromatic heterocycles. The van der Waals surface area contributed by atoms with Crippen LogP contribution in [0.2, 0.25) is 0 Å². The highest BCUT2D eigenvalue weighted by Gasteiger charge is 2.31. The van der Waals surface area contributed by atoms with Gasteiger partial charge in [0.05, 0.1) is 0 Å². The van der Waals surface area contributed by atoms with Crippen LogP contribution in [0.25, 0.3) is 22.4 Å². The number of rotatable bonds is 7. The number of aromatic nitrogens is 2. The lowest BCUT2D eigenvalue weighted by Crippen LogP contribution is -2.45. The van der Waals surface area contributed by atoms with E-state index in [1.807, 2.05) is 74.5 Å². The third kappa shape index (κ3) is 6.53. The number of nitrogens with two attached hydrogens (primary N) is 1. The summed E-state index contributed by atoms with van der Waals surface area (Å²) in [6.07, 6.45) is 7.17. The number of piperidine rings is 1. The summed E-state index contributed by atoms with van der Waals surface area (Å²) < 4.78 is 0. The third-order valence-corrected chi connectivity index (χ3v) is 8.14. The van der Waals surface area contributed by atoms with Crippen molar-refractivity contribution in [1.82, 2.24) is 15.1 Å². The first kappa shape index (κ1) is 27.0. The minimum atomic E-state index is -0.426. The van der Waals surface area contributed by atoms with Crippen molar-refractivity contribution < 1.29 is 9.59 Å². The van der Waals surface area contributed by atoms with Gasteiger partial charge >= 0.3 is 0 Å². The number of benzene rings is 2. The molecule has 0 unspecified atom stereocenters. The zero-order chi connectivity index (χ0) is 27.4. The Morgan fingerprint density at radius 3 is 2.36 bits per heavy atom. The Labute approximate surface area is 231 Å². The van der Waals surface area contributed by atoms with Gasteiger partial charge in [0.1, 0.15) is 5.69 Å². The van der Waals surface area contributed by atoms with Crippen molar-refractivity contribution in [3.63, 3.8) is 0 Å². The van der Waals surface area contributed by atoms with Gasteiger partial charge in [-0.1, -0.05) is 54.6 Å². The molecule has 2 fully saturated rings. The molecule has 1 aliphatic carbocycles. The molecule has 2 heterocycles.